The summed E-state index contributed by atoms with van der Waals surface area (Å²) in [7, 11) is 0. The van der Waals surface area contributed by atoms with Crippen molar-refractivity contribution in [2.24, 2.45) is 0 Å². The van der Waals surface area contributed by atoms with Gasteiger partial charge in [-0.15, -0.1) is 0 Å². The normalized spacial score (nSPS) is 10.4. The lowest BCUT2D eigenvalue weighted by Gasteiger charge is -2.12. The highest BCUT2D eigenvalue weighted by atomic mass is 35.5. The summed E-state index contributed by atoms with van der Waals surface area (Å²) >= 11 is 11.9. The molecule has 2 rings (SSSR count). The standard InChI is InChI=1S/C16H15Cl2NO/c1-9-4-10(2)15(11(3)5-9)16(20)19-14-7-12(17)6-13(18)8-14/h4-8H,1-3H3,(H,19,20). The molecule has 20 heavy (non-hydrogen) atoms. The van der Waals surface area contributed by atoms with Crippen LogP contribution in [0, 0.1) is 20.8 Å². The fraction of sp³-hybridized carbons (Fsp3) is 0.188. The van der Waals surface area contributed by atoms with Gasteiger partial charge in [0.25, 0.3) is 5.91 Å². The average Bonchev–Trinajstić information content (AvgIpc) is 2.25. The summed E-state index contributed by atoms with van der Waals surface area (Å²) in [6.07, 6.45) is 0. The molecule has 0 aliphatic heterocycles. The monoisotopic (exact) mass is 307 g/mol. The van der Waals surface area contributed by atoms with Crippen LogP contribution in [-0.2, 0) is 0 Å². The first kappa shape index (κ1) is 14.9. The van der Waals surface area contributed by atoms with Gasteiger partial charge in [0.05, 0.1) is 0 Å². The molecule has 0 aliphatic carbocycles. The van der Waals surface area contributed by atoms with Gasteiger partial charge in [-0.3, -0.25) is 4.79 Å². The lowest BCUT2D eigenvalue weighted by Crippen LogP contribution is -2.15. The first-order valence-corrected chi connectivity index (χ1v) is 6.97. The van der Waals surface area contributed by atoms with Gasteiger partial charge < -0.3 is 5.32 Å². The molecule has 0 atom stereocenters. The summed E-state index contributed by atoms with van der Waals surface area (Å²) < 4.78 is 0. The van der Waals surface area contributed by atoms with Gasteiger partial charge in [0.1, 0.15) is 0 Å². The predicted octanol–water partition coefficient (Wildman–Crippen LogP) is 5.17. The molecule has 0 aromatic heterocycles. The fourth-order valence-corrected chi connectivity index (χ4v) is 2.88. The summed E-state index contributed by atoms with van der Waals surface area (Å²) in [4.78, 5) is 12.4. The van der Waals surface area contributed by atoms with E-state index in [-0.39, 0.29) is 5.91 Å². The third kappa shape index (κ3) is 3.33. The second kappa shape index (κ2) is 5.86. The zero-order valence-corrected chi connectivity index (χ0v) is 13.1. The highest BCUT2D eigenvalue weighted by molar-refractivity contribution is 6.35. The van der Waals surface area contributed by atoms with E-state index >= 15 is 0 Å². The van der Waals surface area contributed by atoms with Gasteiger partial charge in [-0.1, -0.05) is 40.9 Å². The molecule has 0 bridgehead atoms. The Hall–Kier alpha value is -1.51. The van der Waals surface area contributed by atoms with E-state index < -0.39 is 0 Å². The maximum absolute atomic E-state index is 12.4. The molecule has 0 saturated heterocycles. The average molecular weight is 308 g/mol. The molecule has 104 valence electrons. The van der Waals surface area contributed by atoms with Crippen molar-refractivity contribution in [3.8, 4) is 0 Å². The lowest BCUT2D eigenvalue weighted by atomic mass is 9.99. The van der Waals surface area contributed by atoms with Crippen LogP contribution in [0.3, 0.4) is 0 Å². The van der Waals surface area contributed by atoms with Crippen molar-refractivity contribution in [1.82, 2.24) is 0 Å². The van der Waals surface area contributed by atoms with Crippen LogP contribution >= 0.6 is 23.2 Å². The smallest absolute Gasteiger partial charge is 0.256 e. The fourth-order valence-electron chi connectivity index (χ4n) is 2.36. The van der Waals surface area contributed by atoms with Crippen LogP contribution in [0.5, 0.6) is 0 Å². The van der Waals surface area contributed by atoms with Gasteiger partial charge >= 0.3 is 0 Å². The highest BCUT2D eigenvalue weighted by Crippen LogP contribution is 2.24. The third-order valence-electron chi connectivity index (χ3n) is 3.02. The number of benzene rings is 2. The zero-order chi connectivity index (χ0) is 14.9. The third-order valence-corrected chi connectivity index (χ3v) is 3.46. The second-order valence-corrected chi connectivity index (χ2v) is 5.76. The van der Waals surface area contributed by atoms with Gasteiger partial charge in [-0.25, -0.2) is 0 Å². The Morgan fingerprint density at radius 2 is 1.40 bits per heavy atom. The first-order chi connectivity index (χ1) is 9.36. The maximum Gasteiger partial charge on any atom is 0.256 e. The molecule has 0 heterocycles. The number of amides is 1. The Labute approximate surface area is 128 Å². The van der Waals surface area contributed by atoms with Crippen LogP contribution in [-0.4, -0.2) is 5.91 Å². The number of hydrogen-bond donors (Lipinski definition) is 1. The summed E-state index contributed by atoms with van der Waals surface area (Å²) in [5.74, 6) is -0.154. The summed E-state index contributed by atoms with van der Waals surface area (Å²) in [6.45, 7) is 5.87. The van der Waals surface area contributed by atoms with E-state index in [1.165, 1.54) is 0 Å². The van der Waals surface area contributed by atoms with Gasteiger partial charge in [-0.05, 0) is 50.1 Å². The maximum atomic E-state index is 12.4. The number of carbonyl (C=O) groups excluding carboxylic acids is 1. The van der Waals surface area contributed by atoms with Gasteiger partial charge in [0.15, 0.2) is 0 Å². The zero-order valence-electron chi connectivity index (χ0n) is 11.6. The van der Waals surface area contributed by atoms with Gasteiger partial charge in [-0.2, -0.15) is 0 Å². The molecule has 0 radical (unpaired) electrons. The van der Waals surface area contributed by atoms with Crippen molar-refractivity contribution >= 4 is 34.8 Å². The molecule has 2 nitrogen and oxygen atoms in total. The van der Waals surface area contributed by atoms with Crippen LogP contribution in [0.15, 0.2) is 30.3 Å². The molecule has 1 amide bonds. The molecular weight excluding hydrogens is 293 g/mol. The molecule has 2 aromatic carbocycles. The molecule has 0 fully saturated rings. The van der Waals surface area contributed by atoms with Crippen molar-refractivity contribution in [2.45, 2.75) is 20.8 Å². The van der Waals surface area contributed by atoms with Crippen molar-refractivity contribution in [1.29, 1.82) is 0 Å². The molecule has 2 aromatic rings. The Bertz CT molecular complexity index is 637. The van der Waals surface area contributed by atoms with E-state index in [1.807, 2.05) is 32.9 Å². The van der Waals surface area contributed by atoms with Gasteiger partial charge in [0, 0.05) is 21.3 Å². The minimum atomic E-state index is -0.154. The molecular formula is C16H15Cl2NO. The van der Waals surface area contributed by atoms with E-state index in [1.54, 1.807) is 18.2 Å². The van der Waals surface area contributed by atoms with Crippen molar-refractivity contribution in [3.05, 3.63) is 62.6 Å². The second-order valence-electron chi connectivity index (χ2n) is 4.89. The number of anilines is 1. The molecule has 0 aliphatic rings. The van der Waals surface area contributed by atoms with Crippen LogP contribution in [0.1, 0.15) is 27.0 Å². The molecule has 0 saturated carbocycles. The van der Waals surface area contributed by atoms with Crippen LogP contribution in [0.25, 0.3) is 0 Å². The van der Waals surface area contributed by atoms with E-state index in [9.17, 15) is 4.79 Å². The number of rotatable bonds is 2. The largest absolute Gasteiger partial charge is 0.322 e. The Morgan fingerprint density at radius 1 is 0.900 bits per heavy atom. The number of carbonyl (C=O) groups is 1. The number of aryl methyl sites for hydroxylation is 3. The Morgan fingerprint density at radius 3 is 1.90 bits per heavy atom. The van der Waals surface area contributed by atoms with Crippen LogP contribution in [0.4, 0.5) is 5.69 Å². The Balaban J connectivity index is 2.33. The van der Waals surface area contributed by atoms with E-state index in [0.29, 0.717) is 21.3 Å². The lowest BCUT2D eigenvalue weighted by molar-refractivity contribution is 0.102. The van der Waals surface area contributed by atoms with E-state index in [4.69, 9.17) is 23.2 Å². The summed E-state index contributed by atoms with van der Waals surface area (Å²) in [6, 6.07) is 8.95. The van der Waals surface area contributed by atoms with Crippen molar-refractivity contribution in [2.75, 3.05) is 5.32 Å². The predicted molar refractivity (Wildman–Crippen MR) is 85.1 cm³/mol. The van der Waals surface area contributed by atoms with E-state index in [2.05, 4.69) is 5.32 Å². The number of nitrogens with one attached hydrogen (secondary N) is 1. The van der Waals surface area contributed by atoms with Gasteiger partial charge in [0.2, 0.25) is 0 Å². The summed E-state index contributed by atoms with van der Waals surface area (Å²) in [5, 5.41) is 3.81. The topological polar surface area (TPSA) is 29.1 Å². The minimum Gasteiger partial charge on any atom is -0.322 e. The highest BCUT2D eigenvalue weighted by Gasteiger charge is 2.13. The minimum absolute atomic E-state index is 0.154. The van der Waals surface area contributed by atoms with Crippen LogP contribution in [0.2, 0.25) is 10.0 Å². The molecule has 0 unspecified atom stereocenters. The van der Waals surface area contributed by atoms with Crippen LogP contribution < -0.4 is 5.32 Å². The Kier molecular flexibility index (Phi) is 4.36. The molecule has 1 N–H and O–H groups in total. The first-order valence-electron chi connectivity index (χ1n) is 6.22. The van der Waals surface area contributed by atoms with E-state index in [0.717, 1.165) is 16.7 Å². The SMILES string of the molecule is Cc1cc(C)c(C(=O)Nc2cc(Cl)cc(Cl)c2)c(C)c1. The molecule has 0 spiro atoms. The number of hydrogen-bond acceptors (Lipinski definition) is 1. The van der Waals surface area contributed by atoms with Crippen molar-refractivity contribution < 1.29 is 4.79 Å². The quantitative estimate of drug-likeness (QED) is 0.814. The van der Waals surface area contributed by atoms with Crippen molar-refractivity contribution in [3.63, 3.8) is 0 Å². The number of halogens is 2. The molecule has 4 heteroatoms. The summed E-state index contributed by atoms with van der Waals surface area (Å²) in [5.41, 5.74) is 4.32.